The van der Waals surface area contributed by atoms with Crippen LogP contribution in [0.25, 0.3) is 0 Å². The molecule has 0 atom stereocenters. The lowest BCUT2D eigenvalue weighted by atomic mass is 10.2. The van der Waals surface area contributed by atoms with Crippen LogP contribution in [0.5, 0.6) is 5.75 Å². The average molecular weight is 175 g/mol. The highest BCUT2D eigenvalue weighted by Crippen LogP contribution is 2.19. The molecule has 1 aromatic rings. The van der Waals surface area contributed by atoms with Gasteiger partial charge >= 0.3 is 6.03 Å². The van der Waals surface area contributed by atoms with Crippen molar-refractivity contribution in [1.82, 2.24) is 0 Å². The number of benzene rings is 1. The third-order valence-corrected chi connectivity index (χ3v) is 1.58. The number of amidine groups is 1. The van der Waals surface area contributed by atoms with E-state index in [9.17, 15) is 9.90 Å². The summed E-state index contributed by atoms with van der Waals surface area (Å²) in [5.74, 6) is 0.193. The van der Waals surface area contributed by atoms with Crippen molar-refractivity contribution < 1.29 is 9.90 Å². The van der Waals surface area contributed by atoms with Crippen molar-refractivity contribution >= 4 is 11.9 Å². The van der Waals surface area contributed by atoms with E-state index in [1.807, 2.05) is 0 Å². The fourth-order valence-electron chi connectivity index (χ4n) is 1.00. The summed E-state index contributed by atoms with van der Waals surface area (Å²) in [6.07, 6.45) is 0. The van der Waals surface area contributed by atoms with Crippen molar-refractivity contribution in [3.63, 3.8) is 0 Å². The molecule has 0 spiro atoms. The molecule has 0 bridgehead atoms. The average Bonchev–Trinajstić information content (AvgIpc) is 2.53. The minimum absolute atomic E-state index is 0.0369. The topological polar surface area (TPSA) is 74.4 Å². The Morgan fingerprint density at radius 1 is 1.15 bits per heavy atom. The van der Waals surface area contributed by atoms with E-state index in [2.05, 4.69) is 15.2 Å². The second-order valence-corrected chi connectivity index (χ2v) is 2.44. The molecule has 0 saturated carbocycles. The molecular formula is C8H5N3O2. The molecule has 0 radical (unpaired) electrons. The number of phenols is 1. The minimum atomic E-state index is -0.641. The zero-order valence-electron chi connectivity index (χ0n) is 6.51. The Balaban J connectivity index is 2.48. The van der Waals surface area contributed by atoms with Gasteiger partial charge in [-0.05, 0) is 12.1 Å². The summed E-state index contributed by atoms with van der Waals surface area (Å²) in [5.41, 5.74) is 0.414. The zero-order valence-corrected chi connectivity index (χ0v) is 6.51. The van der Waals surface area contributed by atoms with E-state index < -0.39 is 6.03 Å². The maximum atomic E-state index is 10.6. The number of carbonyl (C=O) groups excluding carboxylic acids is 1. The van der Waals surface area contributed by atoms with Gasteiger partial charge in [0.1, 0.15) is 5.75 Å². The molecule has 2 amide bonds. The highest BCUT2D eigenvalue weighted by molar-refractivity contribution is 6.09. The van der Waals surface area contributed by atoms with Crippen LogP contribution < -0.4 is 0 Å². The molecular weight excluding hydrogens is 170 g/mol. The lowest BCUT2D eigenvalue weighted by Crippen LogP contribution is -1.94. The van der Waals surface area contributed by atoms with E-state index >= 15 is 0 Å². The second-order valence-electron chi connectivity index (χ2n) is 2.44. The molecule has 1 aromatic carbocycles. The van der Waals surface area contributed by atoms with Crippen LogP contribution in [0.2, 0.25) is 0 Å². The van der Waals surface area contributed by atoms with Crippen LogP contribution in [0, 0.1) is 0 Å². The van der Waals surface area contributed by atoms with Gasteiger partial charge < -0.3 is 5.11 Å². The Kier molecular flexibility index (Phi) is 1.63. The molecule has 13 heavy (non-hydrogen) atoms. The van der Waals surface area contributed by atoms with Crippen molar-refractivity contribution in [2.24, 2.45) is 15.2 Å². The highest BCUT2D eigenvalue weighted by Gasteiger charge is 2.14. The Morgan fingerprint density at radius 2 is 1.92 bits per heavy atom. The van der Waals surface area contributed by atoms with Gasteiger partial charge in [-0.15, -0.1) is 5.11 Å². The number of hydrogen-bond donors (Lipinski definition) is 1. The van der Waals surface area contributed by atoms with Crippen LogP contribution in [0.4, 0.5) is 4.79 Å². The Bertz CT molecular complexity index is 423. The van der Waals surface area contributed by atoms with Gasteiger partial charge in [0.25, 0.3) is 0 Å². The summed E-state index contributed by atoms with van der Waals surface area (Å²) in [4.78, 5) is 14.1. The standard InChI is InChI=1S/C8H5N3O2/c12-6-4-2-1-3-5(6)7-9-8(13)11-10-7/h1-4,12H. The fourth-order valence-corrected chi connectivity index (χ4v) is 1.00. The van der Waals surface area contributed by atoms with Gasteiger partial charge in [-0.1, -0.05) is 17.2 Å². The number of para-hydroxylation sites is 1. The molecule has 1 aliphatic heterocycles. The first-order chi connectivity index (χ1) is 6.27. The number of urea groups is 1. The summed E-state index contributed by atoms with van der Waals surface area (Å²) in [7, 11) is 0. The van der Waals surface area contributed by atoms with E-state index in [0.717, 1.165) is 0 Å². The van der Waals surface area contributed by atoms with E-state index in [1.54, 1.807) is 18.2 Å². The summed E-state index contributed by atoms with van der Waals surface area (Å²) in [6.45, 7) is 0. The van der Waals surface area contributed by atoms with Crippen molar-refractivity contribution in [2.75, 3.05) is 0 Å². The number of azo groups is 1. The molecule has 0 unspecified atom stereocenters. The molecule has 64 valence electrons. The number of nitrogens with zero attached hydrogens (tertiary/aromatic N) is 3. The summed E-state index contributed by atoms with van der Waals surface area (Å²) in [6, 6.07) is 5.86. The molecule has 1 heterocycles. The van der Waals surface area contributed by atoms with Crippen LogP contribution in [-0.2, 0) is 0 Å². The maximum absolute atomic E-state index is 10.6. The lowest BCUT2D eigenvalue weighted by molar-refractivity contribution is 0.257. The SMILES string of the molecule is O=C1N=NC(c2ccccc2O)=N1. The monoisotopic (exact) mass is 175 g/mol. The smallest absolute Gasteiger partial charge is 0.387 e. The number of amides is 2. The number of rotatable bonds is 1. The van der Waals surface area contributed by atoms with Crippen molar-refractivity contribution in [1.29, 1.82) is 0 Å². The molecule has 1 N–H and O–H groups in total. The summed E-state index contributed by atoms with van der Waals surface area (Å²) in [5, 5.41) is 16.1. The predicted molar refractivity (Wildman–Crippen MR) is 44.9 cm³/mol. The van der Waals surface area contributed by atoms with Crippen molar-refractivity contribution in [2.45, 2.75) is 0 Å². The first-order valence-corrected chi connectivity index (χ1v) is 3.60. The first kappa shape index (κ1) is 7.60. The molecule has 5 nitrogen and oxygen atoms in total. The molecule has 0 aliphatic carbocycles. The maximum Gasteiger partial charge on any atom is 0.387 e. The van der Waals surface area contributed by atoms with Crippen LogP contribution in [0.3, 0.4) is 0 Å². The fraction of sp³-hybridized carbons (Fsp3) is 0. The second kappa shape index (κ2) is 2.78. The molecule has 1 aliphatic rings. The summed E-state index contributed by atoms with van der Waals surface area (Å²) >= 11 is 0. The normalized spacial score (nSPS) is 14.8. The number of aliphatic imine (C=N–C) groups is 1. The third-order valence-electron chi connectivity index (χ3n) is 1.58. The van der Waals surface area contributed by atoms with Gasteiger partial charge in [-0.2, -0.15) is 4.99 Å². The minimum Gasteiger partial charge on any atom is -0.507 e. The van der Waals surface area contributed by atoms with E-state index in [-0.39, 0.29) is 11.6 Å². The first-order valence-electron chi connectivity index (χ1n) is 3.60. The van der Waals surface area contributed by atoms with Crippen LogP contribution in [0.1, 0.15) is 5.56 Å². The van der Waals surface area contributed by atoms with Gasteiger partial charge in [0.15, 0.2) is 5.84 Å². The number of phenolic OH excluding ortho intramolecular Hbond substituents is 1. The third kappa shape index (κ3) is 1.31. The predicted octanol–water partition coefficient (Wildman–Crippen LogP) is 1.72. The van der Waals surface area contributed by atoms with E-state index in [4.69, 9.17) is 0 Å². The number of hydrogen-bond acceptors (Lipinski definition) is 3. The number of carbonyl (C=O) groups is 1. The van der Waals surface area contributed by atoms with Crippen LogP contribution >= 0.6 is 0 Å². The van der Waals surface area contributed by atoms with Crippen molar-refractivity contribution in [3.05, 3.63) is 29.8 Å². The number of aromatic hydroxyl groups is 1. The van der Waals surface area contributed by atoms with Gasteiger partial charge in [0, 0.05) is 0 Å². The van der Waals surface area contributed by atoms with E-state index in [0.29, 0.717) is 5.56 Å². The highest BCUT2D eigenvalue weighted by atomic mass is 16.3. The largest absolute Gasteiger partial charge is 0.507 e. The molecule has 2 rings (SSSR count). The van der Waals surface area contributed by atoms with Crippen LogP contribution in [0.15, 0.2) is 39.5 Å². The molecule has 0 saturated heterocycles. The van der Waals surface area contributed by atoms with Gasteiger partial charge in [-0.25, -0.2) is 4.79 Å². The Labute approximate surface area is 73.5 Å². The van der Waals surface area contributed by atoms with Gasteiger partial charge in [0.05, 0.1) is 5.56 Å². The van der Waals surface area contributed by atoms with E-state index in [1.165, 1.54) is 6.07 Å². The zero-order chi connectivity index (χ0) is 9.26. The van der Waals surface area contributed by atoms with Crippen LogP contribution in [-0.4, -0.2) is 17.0 Å². The van der Waals surface area contributed by atoms with Crippen molar-refractivity contribution in [3.8, 4) is 5.75 Å². The molecule has 0 aromatic heterocycles. The van der Waals surface area contributed by atoms with Gasteiger partial charge in [0.2, 0.25) is 0 Å². The molecule has 5 heteroatoms. The molecule has 0 fully saturated rings. The summed E-state index contributed by atoms with van der Waals surface area (Å²) < 4.78 is 0. The Hall–Kier alpha value is -2.04. The lowest BCUT2D eigenvalue weighted by Gasteiger charge is -1.97. The quantitative estimate of drug-likeness (QED) is 0.705. The Morgan fingerprint density at radius 3 is 2.54 bits per heavy atom. The van der Waals surface area contributed by atoms with Gasteiger partial charge in [-0.3, -0.25) is 0 Å².